The lowest BCUT2D eigenvalue weighted by Crippen LogP contribution is -2.30. The number of anilines is 1. The molecule has 0 radical (unpaired) electrons. The van der Waals surface area contributed by atoms with Crippen LogP contribution in [0.1, 0.15) is 42.5 Å². The van der Waals surface area contributed by atoms with Gasteiger partial charge in [-0.25, -0.2) is 8.42 Å². The van der Waals surface area contributed by atoms with E-state index in [4.69, 9.17) is 0 Å². The maximum atomic E-state index is 12.3. The van der Waals surface area contributed by atoms with E-state index in [-0.39, 0.29) is 10.1 Å². The fraction of sp³-hybridized carbons (Fsp3) is 0.389. The summed E-state index contributed by atoms with van der Waals surface area (Å²) in [6.07, 6.45) is 6.10. The second-order valence-electron chi connectivity index (χ2n) is 6.33. The van der Waals surface area contributed by atoms with Crippen LogP contribution >= 0.6 is 11.3 Å². The number of amides is 1. The molecule has 1 aromatic carbocycles. The molecule has 0 unspecified atom stereocenters. The van der Waals surface area contributed by atoms with Crippen molar-refractivity contribution in [1.82, 2.24) is 5.32 Å². The maximum absolute atomic E-state index is 12.3. The van der Waals surface area contributed by atoms with E-state index in [1.165, 1.54) is 32.1 Å². The zero-order valence-electron chi connectivity index (χ0n) is 13.9. The maximum Gasteiger partial charge on any atom is 0.271 e. The van der Waals surface area contributed by atoms with E-state index in [1.54, 1.807) is 41.8 Å². The van der Waals surface area contributed by atoms with Crippen molar-refractivity contribution in [3.8, 4) is 0 Å². The van der Waals surface area contributed by atoms with E-state index in [0.717, 1.165) is 11.3 Å². The highest BCUT2D eigenvalue weighted by Crippen LogP contribution is 2.23. The molecule has 1 aliphatic rings. The fourth-order valence-electron chi connectivity index (χ4n) is 3.08. The number of rotatable bonds is 6. The number of carbonyl (C=O) groups excluding carboxylic acids is 1. The lowest BCUT2D eigenvalue weighted by molar-refractivity contribution is 0.0943. The Morgan fingerprint density at radius 2 is 1.92 bits per heavy atom. The lowest BCUT2D eigenvalue weighted by Gasteiger charge is -2.21. The summed E-state index contributed by atoms with van der Waals surface area (Å²) in [6.45, 7) is 0.685. The number of nitrogens with one attached hydrogen (secondary N) is 2. The van der Waals surface area contributed by atoms with Crippen LogP contribution in [0, 0.1) is 5.92 Å². The highest BCUT2D eigenvalue weighted by molar-refractivity contribution is 7.94. The van der Waals surface area contributed by atoms with Crippen LogP contribution in [0.3, 0.4) is 0 Å². The second-order valence-corrected chi connectivity index (χ2v) is 9.19. The zero-order valence-corrected chi connectivity index (χ0v) is 15.5. The molecule has 1 amide bonds. The Morgan fingerprint density at radius 1 is 1.12 bits per heavy atom. The SMILES string of the molecule is O=C(NCC1CCCCC1)c1cccc(NS(=O)(=O)c2cccs2)c1. The summed E-state index contributed by atoms with van der Waals surface area (Å²) in [6, 6.07) is 9.83. The van der Waals surface area contributed by atoms with Gasteiger partial charge in [0.05, 0.1) is 0 Å². The molecule has 25 heavy (non-hydrogen) atoms. The van der Waals surface area contributed by atoms with Crippen LogP contribution in [0.2, 0.25) is 0 Å². The summed E-state index contributed by atoms with van der Waals surface area (Å²) >= 11 is 1.15. The van der Waals surface area contributed by atoms with Crippen molar-refractivity contribution >= 4 is 33.0 Å². The number of carbonyl (C=O) groups is 1. The minimum absolute atomic E-state index is 0.164. The predicted molar refractivity (Wildman–Crippen MR) is 100 cm³/mol. The predicted octanol–water partition coefficient (Wildman–Crippen LogP) is 3.86. The van der Waals surface area contributed by atoms with E-state index in [9.17, 15) is 13.2 Å². The number of sulfonamides is 1. The normalized spacial score (nSPS) is 15.7. The quantitative estimate of drug-likeness (QED) is 0.801. The minimum atomic E-state index is -3.61. The van der Waals surface area contributed by atoms with Gasteiger partial charge in [-0.1, -0.05) is 31.4 Å². The highest BCUT2D eigenvalue weighted by atomic mass is 32.2. The third-order valence-corrected chi connectivity index (χ3v) is 7.19. The molecule has 1 aliphatic carbocycles. The molecule has 7 heteroatoms. The van der Waals surface area contributed by atoms with Crippen molar-refractivity contribution in [3.05, 3.63) is 47.3 Å². The molecule has 0 spiro atoms. The van der Waals surface area contributed by atoms with Gasteiger partial charge in [0.15, 0.2) is 0 Å². The Hall–Kier alpha value is -1.86. The van der Waals surface area contributed by atoms with Gasteiger partial charge in [0, 0.05) is 17.8 Å². The molecular formula is C18H22N2O3S2. The molecule has 2 aromatic rings. The Labute approximate surface area is 152 Å². The molecule has 3 rings (SSSR count). The lowest BCUT2D eigenvalue weighted by atomic mass is 9.89. The molecule has 0 atom stereocenters. The van der Waals surface area contributed by atoms with Crippen molar-refractivity contribution in [1.29, 1.82) is 0 Å². The van der Waals surface area contributed by atoms with Gasteiger partial charge < -0.3 is 5.32 Å². The molecule has 1 aromatic heterocycles. The van der Waals surface area contributed by atoms with Crippen LogP contribution < -0.4 is 10.0 Å². The monoisotopic (exact) mass is 378 g/mol. The van der Waals surface area contributed by atoms with Gasteiger partial charge in [0.25, 0.3) is 15.9 Å². The first-order valence-electron chi connectivity index (χ1n) is 8.49. The van der Waals surface area contributed by atoms with Gasteiger partial charge in [0.1, 0.15) is 4.21 Å². The molecule has 1 saturated carbocycles. The standard InChI is InChI=1S/C18H22N2O3S2/c21-18(19-13-14-6-2-1-3-7-14)15-8-4-9-16(12-15)20-25(22,23)17-10-5-11-24-17/h4-5,8-12,14,20H,1-3,6-7,13H2,(H,19,21). The summed E-state index contributed by atoms with van der Waals surface area (Å²) < 4.78 is 27.3. The molecule has 0 bridgehead atoms. The van der Waals surface area contributed by atoms with Crippen molar-refractivity contribution in [3.63, 3.8) is 0 Å². The molecule has 5 nitrogen and oxygen atoms in total. The number of thiophene rings is 1. The van der Waals surface area contributed by atoms with Crippen LogP contribution in [0.25, 0.3) is 0 Å². The minimum Gasteiger partial charge on any atom is -0.352 e. The van der Waals surface area contributed by atoms with Crippen LogP contribution in [0.5, 0.6) is 0 Å². The third kappa shape index (κ3) is 4.83. The van der Waals surface area contributed by atoms with Gasteiger partial charge in [-0.15, -0.1) is 11.3 Å². The molecule has 0 aliphatic heterocycles. The van der Waals surface area contributed by atoms with E-state index in [2.05, 4.69) is 10.0 Å². The van der Waals surface area contributed by atoms with Gasteiger partial charge >= 0.3 is 0 Å². The van der Waals surface area contributed by atoms with Crippen molar-refractivity contribution in [2.24, 2.45) is 5.92 Å². The Morgan fingerprint density at radius 3 is 2.64 bits per heavy atom. The topological polar surface area (TPSA) is 75.3 Å². The molecule has 1 heterocycles. The zero-order chi connectivity index (χ0) is 17.7. The highest BCUT2D eigenvalue weighted by Gasteiger charge is 2.17. The Balaban J connectivity index is 1.63. The molecule has 1 fully saturated rings. The molecule has 0 saturated heterocycles. The summed E-state index contributed by atoms with van der Waals surface area (Å²) in [5.41, 5.74) is 0.848. The van der Waals surface area contributed by atoms with Crippen molar-refractivity contribution in [2.45, 2.75) is 36.3 Å². The number of benzene rings is 1. The second kappa shape index (κ2) is 8.01. The summed E-state index contributed by atoms with van der Waals surface area (Å²) in [7, 11) is -3.61. The third-order valence-electron chi connectivity index (χ3n) is 4.41. The summed E-state index contributed by atoms with van der Waals surface area (Å²) in [5, 5.41) is 4.68. The van der Waals surface area contributed by atoms with Gasteiger partial charge in [-0.3, -0.25) is 9.52 Å². The van der Waals surface area contributed by atoms with E-state index in [1.807, 2.05) is 0 Å². The first kappa shape index (κ1) is 17.9. The fourth-order valence-corrected chi connectivity index (χ4v) is 5.12. The first-order chi connectivity index (χ1) is 12.0. The molecule has 2 N–H and O–H groups in total. The van der Waals surface area contributed by atoms with Crippen LogP contribution in [0.15, 0.2) is 46.0 Å². The largest absolute Gasteiger partial charge is 0.352 e. The van der Waals surface area contributed by atoms with Crippen LogP contribution in [-0.2, 0) is 10.0 Å². The van der Waals surface area contributed by atoms with Crippen LogP contribution in [-0.4, -0.2) is 20.9 Å². The molecule has 134 valence electrons. The van der Waals surface area contributed by atoms with Gasteiger partial charge in [-0.05, 0) is 48.4 Å². The average molecular weight is 379 g/mol. The van der Waals surface area contributed by atoms with E-state index >= 15 is 0 Å². The van der Waals surface area contributed by atoms with Gasteiger partial charge in [0.2, 0.25) is 0 Å². The first-order valence-corrected chi connectivity index (χ1v) is 10.9. The average Bonchev–Trinajstić information content (AvgIpc) is 3.16. The summed E-state index contributed by atoms with van der Waals surface area (Å²) in [4.78, 5) is 12.3. The van der Waals surface area contributed by atoms with Crippen molar-refractivity contribution in [2.75, 3.05) is 11.3 Å². The number of hydrogen-bond acceptors (Lipinski definition) is 4. The number of hydrogen-bond donors (Lipinski definition) is 2. The van der Waals surface area contributed by atoms with Crippen LogP contribution in [0.4, 0.5) is 5.69 Å². The smallest absolute Gasteiger partial charge is 0.271 e. The van der Waals surface area contributed by atoms with Gasteiger partial charge in [-0.2, -0.15) is 0 Å². The Kier molecular flexibility index (Phi) is 5.75. The molecular weight excluding hydrogens is 356 g/mol. The Bertz CT molecular complexity index is 811. The summed E-state index contributed by atoms with van der Waals surface area (Å²) in [5.74, 6) is 0.390. The van der Waals surface area contributed by atoms with E-state index in [0.29, 0.717) is 23.7 Å². The van der Waals surface area contributed by atoms with Crippen molar-refractivity contribution < 1.29 is 13.2 Å². The van der Waals surface area contributed by atoms with E-state index < -0.39 is 10.0 Å².